The van der Waals surface area contributed by atoms with Crippen molar-refractivity contribution in [2.24, 2.45) is 4.99 Å². The van der Waals surface area contributed by atoms with E-state index in [4.69, 9.17) is 0 Å². The van der Waals surface area contributed by atoms with Crippen molar-refractivity contribution in [2.75, 3.05) is 11.9 Å². The third-order valence-electron chi connectivity index (χ3n) is 2.58. The molecular formula is C11H8N4O2. The second kappa shape index (κ2) is 3.51. The fourth-order valence-corrected chi connectivity index (χ4v) is 1.85. The van der Waals surface area contributed by atoms with Crippen molar-refractivity contribution in [1.82, 2.24) is 9.97 Å². The van der Waals surface area contributed by atoms with Crippen molar-refractivity contribution in [3.63, 3.8) is 0 Å². The van der Waals surface area contributed by atoms with Crippen LogP contribution in [-0.2, 0) is 0 Å². The Hall–Kier alpha value is -2.50. The summed E-state index contributed by atoms with van der Waals surface area (Å²) < 4.78 is 0. The van der Waals surface area contributed by atoms with Gasteiger partial charge in [-0.05, 0) is 12.1 Å². The number of amides is 1. The third kappa shape index (κ3) is 1.42. The fraction of sp³-hybridized carbons (Fsp3) is 0.0909. The number of rotatable bonds is 0. The van der Waals surface area contributed by atoms with Crippen LogP contribution in [0.15, 0.2) is 28.1 Å². The first kappa shape index (κ1) is 9.71. The van der Waals surface area contributed by atoms with Crippen molar-refractivity contribution in [1.29, 1.82) is 0 Å². The summed E-state index contributed by atoms with van der Waals surface area (Å²) in [5.41, 5.74) is 0.528. The zero-order valence-electron chi connectivity index (χ0n) is 8.73. The minimum atomic E-state index is -0.531. The minimum Gasteiger partial charge on any atom is -0.379 e. The molecule has 0 fully saturated rings. The van der Waals surface area contributed by atoms with Crippen LogP contribution in [0.25, 0.3) is 11.0 Å². The molecule has 6 heteroatoms. The fourth-order valence-electron chi connectivity index (χ4n) is 1.85. The van der Waals surface area contributed by atoms with Gasteiger partial charge in [-0.1, -0.05) is 0 Å². The highest BCUT2D eigenvalue weighted by atomic mass is 16.2. The molecule has 84 valence electrons. The van der Waals surface area contributed by atoms with Gasteiger partial charge in [0, 0.05) is 17.8 Å². The van der Waals surface area contributed by atoms with Crippen LogP contribution in [0.5, 0.6) is 0 Å². The Balaban J connectivity index is 2.46. The smallest absolute Gasteiger partial charge is 0.284 e. The Morgan fingerprint density at radius 2 is 2.18 bits per heavy atom. The molecule has 6 nitrogen and oxygen atoms in total. The summed E-state index contributed by atoms with van der Waals surface area (Å²) >= 11 is 0. The molecule has 0 saturated heterocycles. The number of nitrogens with one attached hydrogen (secondary N) is 2. The summed E-state index contributed by atoms with van der Waals surface area (Å²) in [6.07, 6.45) is 3.03. The quantitative estimate of drug-likeness (QED) is 0.689. The van der Waals surface area contributed by atoms with Crippen LogP contribution in [0, 0.1) is 0 Å². The summed E-state index contributed by atoms with van der Waals surface area (Å²) in [7, 11) is 0. The first-order chi connectivity index (χ1) is 8.27. The van der Waals surface area contributed by atoms with Crippen LogP contribution in [0.1, 0.15) is 10.4 Å². The maximum atomic E-state index is 11.8. The Labute approximate surface area is 95.4 Å². The predicted octanol–water partition coefficient (Wildman–Crippen LogP) is 0.560. The number of aliphatic imine (C=N–C) groups is 1. The van der Waals surface area contributed by atoms with E-state index < -0.39 is 11.5 Å². The van der Waals surface area contributed by atoms with Gasteiger partial charge in [-0.2, -0.15) is 0 Å². The first-order valence-electron chi connectivity index (χ1n) is 5.09. The van der Waals surface area contributed by atoms with E-state index in [0.717, 1.165) is 0 Å². The molecule has 2 aromatic rings. The second-order valence-electron chi connectivity index (χ2n) is 3.60. The van der Waals surface area contributed by atoms with Crippen LogP contribution in [-0.4, -0.2) is 28.6 Å². The number of hydrogen-bond acceptors (Lipinski definition) is 4. The van der Waals surface area contributed by atoms with Crippen molar-refractivity contribution >= 4 is 28.8 Å². The van der Waals surface area contributed by atoms with Crippen LogP contribution >= 0.6 is 0 Å². The van der Waals surface area contributed by atoms with E-state index in [1.165, 1.54) is 6.21 Å². The second-order valence-corrected chi connectivity index (χ2v) is 3.60. The van der Waals surface area contributed by atoms with Crippen molar-refractivity contribution in [3.05, 3.63) is 34.2 Å². The number of fused-ring (bicyclic) bond motifs is 3. The van der Waals surface area contributed by atoms with Crippen LogP contribution in [0.4, 0.5) is 5.69 Å². The lowest BCUT2D eigenvalue weighted by Gasteiger charge is -2.08. The van der Waals surface area contributed by atoms with E-state index in [1.54, 1.807) is 18.3 Å². The molecule has 0 aromatic carbocycles. The highest BCUT2D eigenvalue weighted by Crippen LogP contribution is 2.23. The largest absolute Gasteiger partial charge is 0.379 e. The van der Waals surface area contributed by atoms with Crippen LogP contribution in [0.3, 0.4) is 0 Å². The number of hydrogen-bond donors (Lipinski definition) is 2. The summed E-state index contributed by atoms with van der Waals surface area (Å²) in [4.78, 5) is 33.8. The molecule has 3 rings (SSSR count). The molecule has 0 spiro atoms. The highest BCUT2D eigenvalue weighted by Gasteiger charge is 2.20. The average Bonchev–Trinajstić information content (AvgIpc) is 2.52. The molecule has 1 aliphatic heterocycles. The van der Waals surface area contributed by atoms with Crippen molar-refractivity contribution in [2.45, 2.75) is 0 Å². The van der Waals surface area contributed by atoms with Gasteiger partial charge in [0.15, 0.2) is 0 Å². The van der Waals surface area contributed by atoms with Crippen molar-refractivity contribution in [3.8, 4) is 0 Å². The summed E-state index contributed by atoms with van der Waals surface area (Å²) in [6, 6.07) is 3.54. The molecule has 17 heavy (non-hydrogen) atoms. The third-order valence-corrected chi connectivity index (χ3v) is 2.58. The summed E-state index contributed by atoms with van der Waals surface area (Å²) in [5, 5.41) is 3.72. The molecule has 0 atom stereocenters. The topological polar surface area (TPSA) is 87.2 Å². The Morgan fingerprint density at radius 3 is 3.06 bits per heavy atom. The summed E-state index contributed by atoms with van der Waals surface area (Å²) in [5.74, 6) is -0.531. The molecule has 3 heterocycles. The average molecular weight is 228 g/mol. The van der Waals surface area contributed by atoms with Gasteiger partial charge in [-0.25, -0.2) is 9.98 Å². The lowest BCUT2D eigenvalue weighted by atomic mass is 10.1. The van der Waals surface area contributed by atoms with E-state index in [0.29, 0.717) is 23.3 Å². The molecule has 0 bridgehead atoms. The molecule has 2 aromatic heterocycles. The number of aromatic amines is 1. The van der Waals surface area contributed by atoms with E-state index in [2.05, 4.69) is 20.3 Å². The van der Waals surface area contributed by atoms with E-state index in [-0.39, 0.29) is 5.56 Å². The zero-order valence-corrected chi connectivity index (χ0v) is 8.73. The molecule has 1 amide bonds. The molecule has 2 N–H and O–H groups in total. The van der Waals surface area contributed by atoms with Gasteiger partial charge in [-0.15, -0.1) is 0 Å². The van der Waals surface area contributed by atoms with Gasteiger partial charge >= 0.3 is 0 Å². The number of H-pyrrole nitrogens is 1. The molecule has 0 aliphatic carbocycles. The number of pyridine rings is 2. The van der Waals surface area contributed by atoms with E-state index in [9.17, 15) is 9.59 Å². The van der Waals surface area contributed by atoms with Crippen LogP contribution < -0.4 is 10.9 Å². The van der Waals surface area contributed by atoms with Gasteiger partial charge in [0.25, 0.3) is 11.5 Å². The molecule has 0 saturated carbocycles. The number of carbonyl (C=O) groups is 1. The number of carbonyl (C=O) groups excluding carboxylic acids is 1. The van der Waals surface area contributed by atoms with Gasteiger partial charge in [-0.3, -0.25) is 9.59 Å². The lowest BCUT2D eigenvalue weighted by molar-refractivity contribution is 0.100. The predicted molar refractivity (Wildman–Crippen MR) is 63.7 cm³/mol. The number of nitrogens with zero attached hydrogens (tertiary/aromatic N) is 2. The zero-order chi connectivity index (χ0) is 11.8. The molecular weight excluding hydrogens is 220 g/mol. The van der Waals surface area contributed by atoms with Gasteiger partial charge in [0.1, 0.15) is 11.2 Å². The SMILES string of the molecule is O=C1N=CCNc2c1c(=O)[nH]c1ncccc21. The van der Waals surface area contributed by atoms with Gasteiger partial charge in [0.2, 0.25) is 0 Å². The van der Waals surface area contributed by atoms with Gasteiger partial charge < -0.3 is 10.3 Å². The molecule has 0 radical (unpaired) electrons. The Morgan fingerprint density at radius 1 is 1.29 bits per heavy atom. The highest BCUT2D eigenvalue weighted by molar-refractivity contribution is 6.10. The molecule has 1 aliphatic rings. The number of anilines is 1. The molecule has 0 unspecified atom stereocenters. The normalized spacial score (nSPS) is 14.2. The maximum Gasteiger partial charge on any atom is 0.284 e. The minimum absolute atomic E-state index is 0.0410. The first-order valence-corrected chi connectivity index (χ1v) is 5.09. The maximum absolute atomic E-state index is 11.8. The summed E-state index contributed by atoms with van der Waals surface area (Å²) in [6.45, 7) is 0.409. The monoisotopic (exact) mass is 228 g/mol. The standard InChI is InChI=1S/C11H8N4O2/c16-10-7-8(12-4-5-14-10)6-2-1-3-13-9(6)15-11(7)17/h1-3,5,12H,4H2,(H,13,15,17). The number of aromatic nitrogens is 2. The van der Waals surface area contributed by atoms with Gasteiger partial charge in [0.05, 0.1) is 12.2 Å². The Kier molecular flexibility index (Phi) is 2.01. The lowest BCUT2D eigenvalue weighted by Crippen LogP contribution is -2.19. The van der Waals surface area contributed by atoms with E-state index in [1.807, 2.05) is 0 Å². The van der Waals surface area contributed by atoms with Crippen LogP contribution in [0.2, 0.25) is 0 Å². The van der Waals surface area contributed by atoms with E-state index >= 15 is 0 Å². The Bertz CT molecular complexity index is 702. The van der Waals surface area contributed by atoms with Crippen molar-refractivity contribution < 1.29 is 4.79 Å².